The van der Waals surface area contributed by atoms with Gasteiger partial charge in [0, 0.05) is 50.7 Å². The highest BCUT2D eigenvalue weighted by Gasteiger charge is 2.19. The predicted molar refractivity (Wildman–Crippen MR) is 189 cm³/mol. The fourth-order valence-corrected chi connectivity index (χ4v) is 6.32. The molecule has 1 aromatic heterocycles. The van der Waals surface area contributed by atoms with Gasteiger partial charge in [0.15, 0.2) is 0 Å². The summed E-state index contributed by atoms with van der Waals surface area (Å²) in [7, 11) is 0. The van der Waals surface area contributed by atoms with E-state index in [0.717, 1.165) is 82.7 Å². The number of aryl methyl sites for hydroxylation is 2. The zero-order chi connectivity index (χ0) is 33.9. The summed E-state index contributed by atoms with van der Waals surface area (Å²) in [5, 5.41) is 31.5. The molecular weight excluding hydrogens is 603 g/mol. The molecule has 3 N–H and O–H groups in total. The van der Waals surface area contributed by atoms with Gasteiger partial charge in [0.1, 0.15) is 17.6 Å². The highest BCUT2D eigenvalue weighted by atomic mass is 19.1. The second-order valence-electron chi connectivity index (χ2n) is 12.5. The van der Waals surface area contributed by atoms with Crippen LogP contribution in [0.4, 0.5) is 4.39 Å². The lowest BCUT2D eigenvalue weighted by Crippen LogP contribution is -2.24. The predicted octanol–water partition coefficient (Wildman–Crippen LogP) is 6.41. The lowest BCUT2D eigenvalue weighted by molar-refractivity contribution is 0.173. The van der Waals surface area contributed by atoms with Crippen LogP contribution in [-0.2, 0) is 19.4 Å². The van der Waals surface area contributed by atoms with Gasteiger partial charge in [-0.15, -0.1) is 0 Å². The van der Waals surface area contributed by atoms with Crippen molar-refractivity contribution in [3.8, 4) is 22.9 Å². The number of nitriles is 1. The van der Waals surface area contributed by atoms with E-state index in [1.165, 1.54) is 0 Å². The molecular formula is C40H45FN4O3. The summed E-state index contributed by atoms with van der Waals surface area (Å²) in [5.41, 5.74) is 8.92. The lowest BCUT2D eigenvalue weighted by atomic mass is 9.92. The van der Waals surface area contributed by atoms with E-state index >= 15 is 4.39 Å². The van der Waals surface area contributed by atoms with Crippen LogP contribution < -0.4 is 10.1 Å². The third-order valence-corrected chi connectivity index (χ3v) is 9.05. The number of ether oxygens (including phenoxy) is 1. The number of β-amino-alcohol motifs (C(OH)–C–C–N with tert-alkyl or cyclic N) is 1. The van der Waals surface area contributed by atoms with E-state index in [1.807, 2.05) is 49.4 Å². The number of likely N-dealkylation sites (tertiary alicyclic amines) is 1. The molecule has 7 nitrogen and oxygen atoms in total. The summed E-state index contributed by atoms with van der Waals surface area (Å²) in [6.45, 7) is 8.35. The first-order valence-corrected chi connectivity index (χ1v) is 16.7. The third-order valence-electron chi connectivity index (χ3n) is 9.05. The molecule has 0 bridgehead atoms. The maximum Gasteiger partial charge on any atom is 0.131 e. The largest absolute Gasteiger partial charge is 0.493 e. The first-order valence-electron chi connectivity index (χ1n) is 16.7. The molecule has 4 aromatic rings. The molecule has 0 aliphatic carbocycles. The van der Waals surface area contributed by atoms with Crippen LogP contribution in [0.3, 0.4) is 0 Å². The quantitative estimate of drug-likeness (QED) is 0.101. The normalized spacial score (nSPS) is 15.1. The number of nitrogens with one attached hydrogen (secondary N) is 1. The van der Waals surface area contributed by atoms with E-state index in [4.69, 9.17) is 4.74 Å². The molecule has 250 valence electrons. The Bertz CT molecular complexity index is 1770. The van der Waals surface area contributed by atoms with Gasteiger partial charge in [-0.2, -0.15) is 5.26 Å². The molecule has 0 radical (unpaired) electrons. The van der Waals surface area contributed by atoms with Crippen molar-refractivity contribution in [1.29, 1.82) is 5.26 Å². The average molecular weight is 649 g/mol. The SMILES string of the molecule is Cc1c(/C=C(\F)c2ccc(CNCCO)c(CCc3cncc(C#N)c3)c2)cccc1-c1cccc(OCCCN2CC[C@@H](O)C2)c1C. The van der Waals surface area contributed by atoms with Crippen molar-refractivity contribution in [2.75, 3.05) is 39.4 Å². The highest BCUT2D eigenvalue weighted by molar-refractivity contribution is 5.82. The van der Waals surface area contributed by atoms with Crippen LogP contribution in [0.2, 0.25) is 0 Å². The Hall–Kier alpha value is -4.39. The Labute approximate surface area is 283 Å². The molecule has 48 heavy (non-hydrogen) atoms. The molecule has 3 aromatic carbocycles. The topological polar surface area (TPSA) is 102 Å². The summed E-state index contributed by atoms with van der Waals surface area (Å²) in [6, 6.07) is 21.7. The van der Waals surface area contributed by atoms with Gasteiger partial charge >= 0.3 is 0 Å². The van der Waals surface area contributed by atoms with Crippen molar-refractivity contribution >= 4 is 11.9 Å². The maximum atomic E-state index is 16.0. The van der Waals surface area contributed by atoms with Gasteiger partial charge in [0.05, 0.1) is 24.9 Å². The van der Waals surface area contributed by atoms with Gasteiger partial charge in [-0.3, -0.25) is 4.98 Å². The minimum absolute atomic E-state index is 0.0396. The van der Waals surface area contributed by atoms with Crippen LogP contribution in [0.5, 0.6) is 5.75 Å². The number of hydrogen-bond acceptors (Lipinski definition) is 7. The number of pyridine rings is 1. The fraction of sp³-hybridized carbons (Fsp3) is 0.350. The molecule has 0 amide bonds. The van der Waals surface area contributed by atoms with Gasteiger partial charge < -0.3 is 25.2 Å². The van der Waals surface area contributed by atoms with Crippen molar-refractivity contribution in [1.82, 2.24) is 15.2 Å². The second-order valence-corrected chi connectivity index (χ2v) is 12.5. The minimum atomic E-state index is -0.321. The Morgan fingerprint density at radius 2 is 1.88 bits per heavy atom. The highest BCUT2D eigenvalue weighted by Crippen LogP contribution is 2.34. The average Bonchev–Trinajstić information content (AvgIpc) is 3.52. The van der Waals surface area contributed by atoms with Crippen molar-refractivity contribution in [3.63, 3.8) is 0 Å². The van der Waals surface area contributed by atoms with Crippen LogP contribution in [-0.4, -0.2) is 65.6 Å². The van der Waals surface area contributed by atoms with Gasteiger partial charge in [-0.25, -0.2) is 4.39 Å². The van der Waals surface area contributed by atoms with Crippen molar-refractivity contribution in [2.24, 2.45) is 0 Å². The first kappa shape index (κ1) is 34.9. The third kappa shape index (κ3) is 9.15. The Kier molecular flexibility index (Phi) is 12.5. The van der Waals surface area contributed by atoms with Gasteiger partial charge in [-0.1, -0.05) is 42.5 Å². The number of rotatable bonds is 15. The minimum Gasteiger partial charge on any atom is -0.493 e. The van der Waals surface area contributed by atoms with Gasteiger partial charge in [0.2, 0.25) is 0 Å². The van der Waals surface area contributed by atoms with Crippen molar-refractivity contribution in [2.45, 2.75) is 52.2 Å². The van der Waals surface area contributed by atoms with Crippen molar-refractivity contribution in [3.05, 3.63) is 118 Å². The molecule has 2 heterocycles. The molecule has 0 spiro atoms. The fourth-order valence-electron chi connectivity index (χ4n) is 6.32. The molecule has 1 fully saturated rings. The second kappa shape index (κ2) is 17.1. The monoisotopic (exact) mass is 648 g/mol. The Morgan fingerprint density at radius 3 is 2.65 bits per heavy atom. The molecule has 0 saturated carbocycles. The van der Waals surface area contributed by atoms with Gasteiger partial charge in [0.25, 0.3) is 0 Å². The number of aliphatic hydroxyl groups excluding tert-OH is 2. The zero-order valence-electron chi connectivity index (χ0n) is 27.9. The van der Waals surface area contributed by atoms with Crippen molar-refractivity contribution < 1.29 is 19.3 Å². The maximum absolute atomic E-state index is 16.0. The van der Waals surface area contributed by atoms with E-state index < -0.39 is 0 Å². The summed E-state index contributed by atoms with van der Waals surface area (Å²) in [4.78, 5) is 6.45. The van der Waals surface area contributed by atoms with E-state index in [9.17, 15) is 15.5 Å². The number of halogens is 1. The summed E-state index contributed by atoms with van der Waals surface area (Å²) < 4.78 is 22.2. The molecule has 5 rings (SSSR count). The number of aliphatic hydroxyl groups is 2. The molecule has 1 saturated heterocycles. The summed E-state index contributed by atoms with van der Waals surface area (Å²) >= 11 is 0. The first-order chi connectivity index (χ1) is 23.4. The van der Waals surface area contributed by atoms with E-state index in [2.05, 4.69) is 40.3 Å². The van der Waals surface area contributed by atoms with Crippen LogP contribution >= 0.6 is 0 Å². The Balaban J connectivity index is 1.33. The lowest BCUT2D eigenvalue weighted by Gasteiger charge is -2.17. The van der Waals surface area contributed by atoms with E-state index in [0.29, 0.717) is 43.7 Å². The number of benzene rings is 3. The molecule has 1 atom stereocenters. The smallest absolute Gasteiger partial charge is 0.131 e. The van der Waals surface area contributed by atoms with Crippen LogP contribution in [0, 0.1) is 25.2 Å². The van der Waals surface area contributed by atoms with E-state index in [1.54, 1.807) is 24.5 Å². The molecule has 8 heteroatoms. The Morgan fingerprint density at radius 1 is 1.06 bits per heavy atom. The molecule has 1 aliphatic rings. The standard InChI is InChI=1S/C40H45FN4O3/c1-28-32(6-3-7-37(28)38-8-4-9-40(29(38)2)48-19-5-16-45-17-14-36(47)27-45)22-39(41)34-12-13-35(26-43-15-18-46)33(21-34)11-10-30-20-31(23-42)25-44-24-30/h3-4,6-9,12-13,20-22,24-25,36,43,46-47H,5,10-11,14-19,26-27H2,1-2H3/b39-22-/t36-/m1/s1. The van der Waals surface area contributed by atoms with Crippen LogP contribution in [0.15, 0.2) is 73.1 Å². The molecule has 1 aliphatic heterocycles. The number of aromatic nitrogens is 1. The van der Waals surface area contributed by atoms with Crippen LogP contribution in [0.1, 0.15) is 57.3 Å². The number of nitrogens with zero attached hydrogens (tertiary/aromatic N) is 3. The van der Waals surface area contributed by atoms with Crippen LogP contribution in [0.25, 0.3) is 23.0 Å². The summed E-state index contributed by atoms with van der Waals surface area (Å²) in [5.74, 6) is 0.524. The molecule has 0 unspecified atom stereocenters. The van der Waals surface area contributed by atoms with E-state index in [-0.39, 0.29) is 18.5 Å². The van der Waals surface area contributed by atoms with Gasteiger partial charge in [-0.05, 0) is 108 Å². The zero-order valence-corrected chi connectivity index (χ0v) is 27.9. The number of hydrogen-bond donors (Lipinski definition) is 3. The summed E-state index contributed by atoms with van der Waals surface area (Å²) in [6.07, 6.45) is 7.75.